The number of hydrogen-bond donors (Lipinski definition) is 5. The molecule has 342 valence electrons. The Labute approximate surface area is 373 Å². The van der Waals surface area contributed by atoms with Crippen LogP contribution in [0.3, 0.4) is 0 Å². The summed E-state index contributed by atoms with van der Waals surface area (Å²) in [5, 5.41) is 28.2. The lowest BCUT2D eigenvalue weighted by atomic mass is 9.28. The molecule has 5 saturated carbocycles. The largest absolute Gasteiger partial charge is 0.481 e. The van der Waals surface area contributed by atoms with Gasteiger partial charge in [0.1, 0.15) is 12.1 Å². The highest BCUT2D eigenvalue weighted by Gasteiger charge is 2.76. The van der Waals surface area contributed by atoms with Crippen LogP contribution in [0, 0.1) is 61.6 Å². The SMILES string of the molecule is CC(C)C1=C2[C@@]([C@@H](O)CNC(=O)[C@H](C)NC(=O)c3ccc(Cl)cc3)(CC[C@@]3(C)C4(C)CC[C@@]5(C)C(C)(C)[C@@H](OC(=O)[C@H]6C[C@@H](C(=O)O)C6(C)C)CC[C@]5(C)[C@H]4CC[C@]23N)CC1=O. The molecule has 0 saturated heterocycles. The molecule has 0 aliphatic heterocycles. The van der Waals surface area contributed by atoms with E-state index in [4.69, 9.17) is 22.1 Å². The number of carbonyl (C=O) groups is 5. The third-order valence-electron chi connectivity index (χ3n) is 19.9. The molecule has 0 spiro atoms. The Kier molecular flexibility index (Phi) is 11.4. The van der Waals surface area contributed by atoms with Crippen molar-refractivity contribution in [3.05, 3.63) is 46.0 Å². The Morgan fingerprint density at radius 3 is 2.06 bits per heavy atom. The number of benzene rings is 1. The molecule has 1 unspecified atom stereocenters. The summed E-state index contributed by atoms with van der Waals surface area (Å²) in [7, 11) is 0. The minimum absolute atomic E-state index is 0.0203. The van der Waals surface area contributed by atoms with E-state index in [2.05, 4.69) is 52.2 Å². The average Bonchev–Trinajstić information content (AvgIpc) is 3.51. The van der Waals surface area contributed by atoms with Gasteiger partial charge in [-0.3, -0.25) is 24.0 Å². The molecule has 5 fully saturated rings. The zero-order valence-electron chi connectivity index (χ0n) is 38.9. The summed E-state index contributed by atoms with van der Waals surface area (Å²) in [6, 6.07) is 5.52. The maximum Gasteiger partial charge on any atom is 0.309 e. The van der Waals surface area contributed by atoms with Crippen molar-refractivity contribution in [2.24, 2.45) is 67.3 Å². The number of aliphatic hydroxyl groups is 1. The van der Waals surface area contributed by atoms with Crippen LogP contribution in [0.5, 0.6) is 0 Å². The van der Waals surface area contributed by atoms with Crippen molar-refractivity contribution in [3.8, 4) is 0 Å². The third kappa shape index (κ3) is 6.34. The van der Waals surface area contributed by atoms with Gasteiger partial charge in [-0.1, -0.05) is 80.8 Å². The summed E-state index contributed by atoms with van der Waals surface area (Å²) >= 11 is 5.99. The lowest BCUT2D eigenvalue weighted by Gasteiger charge is -2.77. The van der Waals surface area contributed by atoms with Gasteiger partial charge in [0, 0.05) is 39.9 Å². The van der Waals surface area contributed by atoms with E-state index in [1.54, 1.807) is 31.2 Å². The summed E-state index contributed by atoms with van der Waals surface area (Å²) in [5.74, 6) is -2.80. The number of esters is 1. The molecule has 6 aliphatic rings. The van der Waals surface area contributed by atoms with Gasteiger partial charge in [-0.2, -0.15) is 0 Å². The first-order chi connectivity index (χ1) is 28.6. The molecule has 7 rings (SSSR count). The number of rotatable bonds is 10. The van der Waals surface area contributed by atoms with Crippen molar-refractivity contribution in [1.29, 1.82) is 0 Å². The highest BCUT2D eigenvalue weighted by molar-refractivity contribution is 6.30. The summed E-state index contributed by atoms with van der Waals surface area (Å²) in [6.45, 7) is 23.5. The van der Waals surface area contributed by atoms with Gasteiger partial charge in [0.25, 0.3) is 5.91 Å². The number of nitrogens with two attached hydrogens (primary N) is 1. The van der Waals surface area contributed by atoms with Crippen molar-refractivity contribution in [2.45, 2.75) is 164 Å². The lowest BCUT2D eigenvalue weighted by Crippen LogP contribution is -2.76. The highest BCUT2D eigenvalue weighted by Crippen LogP contribution is 2.80. The Balaban J connectivity index is 1.13. The zero-order chi connectivity index (χ0) is 46.0. The van der Waals surface area contributed by atoms with Gasteiger partial charge in [-0.15, -0.1) is 0 Å². The van der Waals surface area contributed by atoms with Crippen molar-refractivity contribution < 1.29 is 38.9 Å². The standard InChI is InChI=1S/C50H72ClN3O8/c1-27(2)37-33(55)25-49(35(56)26-53-39(57)28(3)54-40(58)29-12-14-30(51)15-13-29)23-22-48(11)46(9)20-21-47(10)44(6,7)36(62-42(61)32-24-31(41(59)60)43(32,4)5)17-18-45(47,8)34(46)16-19-50(48,52)38(37)49/h12-15,27-28,31-32,34-36,56H,16-26,52H2,1-11H3,(H,53,57)(H,54,58)(H,59,60)/t28-,31-,32+,34+,35-,36-,45+,46?,47-,48-,49-,50-/m0/s1. The van der Waals surface area contributed by atoms with Crippen molar-refractivity contribution >= 4 is 41.1 Å². The minimum atomic E-state index is -1.08. The predicted molar refractivity (Wildman–Crippen MR) is 238 cm³/mol. The second-order valence-electron chi connectivity index (χ2n) is 22.9. The van der Waals surface area contributed by atoms with Crippen LogP contribution in [0.4, 0.5) is 0 Å². The summed E-state index contributed by atoms with van der Waals surface area (Å²) < 4.78 is 6.47. The maximum atomic E-state index is 14.3. The molecule has 2 amide bonds. The number of aliphatic carboxylic acids is 1. The highest BCUT2D eigenvalue weighted by atomic mass is 35.5. The summed E-state index contributed by atoms with van der Waals surface area (Å²) in [6.07, 6.45) is 5.25. The fourth-order valence-corrected chi connectivity index (χ4v) is 15.2. The number of hydrogen-bond acceptors (Lipinski definition) is 8. The van der Waals surface area contributed by atoms with E-state index in [1.165, 1.54) is 0 Å². The van der Waals surface area contributed by atoms with Crippen LogP contribution in [0.15, 0.2) is 35.4 Å². The van der Waals surface area contributed by atoms with E-state index in [1.807, 2.05) is 27.7 Å². The van der Waals surface area contributed by atoms with Gasteiger partial charge in [0.15, 0.2) is 5.78 Å². The van der Waals surface area contributed by atoms with E-state index in [9.17, 15) is 34.2 Å². The van der Waals surface area contributed by atoms with Crippen LogP contribution >= 0.6 is 11.6 Å². The molecular formula is C50H72ClN3O8. The van der Waals surface area contributed by atoms with Crippen LogP contribution in [0.2, 0.25) is 5.02 Å². The average molecular weight is 879 g/mol. The van der Waals surface area contributed by atoms with Gasteiger partial charge in [-0.25, -0.2) is 0 Å². The predicted octanol–water partition coefficient (Wildman–Crippen LogP) is 8.05. The fraction of sp³-hybridized carbons (Fsp3) is 0.740. The number of Topliss-reactive ketones (excluding diaryl/α,β-unsaturated/α-hetero) is 1. The first-order valence-corrected chi connectivity index (χ1v) is 23.5. The van der Waals surface area contributed by atoms with E-state index in [0.717, 1.165) is 43.3 Å². The number of fused-ring (bicyclic) bond motifs is 7. The number of amides is 2. The Bertz CT molecular complexity index is 2080. The topological polar surface area (TPSA) is 185 Å². The lowest BCUT2D eigenvalue weighted by molar-refractivity contribution is -0.275. The smallest absolute Gasteiger partial charge is 0.309 e. The van der Waals surface area contributed by atoms with Crippen LogP contribution < -0.4 is 16.4 Å². The quantitative estimate of drug-likeness (QED) is 0.145. The first kappa shape index (κ1) is 46.7. The molecule has 1 aromatic carbocycles. The second-order valence-corrected chi connectivity index (χ2v) is 23.3. The molecule has 0 aromatic heterocycles. The van der Waals surface area contributed by atoms with Crippen LogP contribution in [-0.2, 0) is 23.9 Å². The van der Waals surface area contributed by atoms with E-state index >= 15 is 0 Å². The molecule has 0 radical (unpaired) electrons. The number of nitrogens with one attached hydrogen (secondary N) is 2. The second kappa shape index (κ2) is 15.1. The Hall–Kier alpha value is -3.28. The van der Waals surface area contributed by atoms with Gasteiger partial charge in [0.05, 0.1) is 17.9 Å². The van der Waals surface area contributed by atoms with E-state index in [0.29, 0.717) is 36.3 Å². The Morgan fingerprint density at radius 1 is 0.855 bits per heavy atom. The van der Waals surface area contributed by atoms with Gasteiger partial charge in [0.2, 0.25) is 5.91 Å². The number of aliphatic hydroxyl groups excluding tert-OH is 1. The normalized spacial score (nSPS) is 40.1. The summed E-state index contributed by atoms with van der Waals surface area (Å²) in [5.41, 5.74) is 6.20. The molecule has 62 heavy (non-hydrogen) atoms. The molecule has 0 bridgehead atoms. The van der Waals surface area contributed by atoms with E-state index < -0.39 is 63.5 Å². The molecule has 6 aliphatic carbocycles. The molecule has 12 atom stereocenters. The number of allylic oxidation sites excluding steroid dienone is 1. The van der Waals surface area contributed by atoms with Crippen LogP contribution in [0.25, 0.3) is 0 Å². The van der Waals surface area contributed by atoms with Gasteiger partial charge >= 0.3 is 11.9 Å². The number of carbonyl (C=O) groups excluding carboxylic acids is 4. The van der Waals surface area contributed by atoms with Gasteiger partial charge in [-0.05, 0) is 139 Å². The minimum Gasteiger partial charge on any atom is -0.481 e. The molecule has 0 heterocycles. The number of carboxylic acids is 1. The van der Waals surface area contributed by atoms with Crippen molar-refractivity contribution in [3.63, 3.8) is 0 Å². The molecular weight excluding hydrogens is 806 g/mol. The monoisotopic (exact) mass is 878 g/mol. The van der Waals surface area contributed by atoms with Crippen LogP contribution in [0.1, 0.15) is 151 Å². The third-order valence-corrected chi connectivity index (χ3v) is 20.1. The number of ether oxygens (including phenoxy) is 1. The van der Waals surface area contributed by atoms with E-state index in [-0.39, 0.29) is 64.3 Å². The fourth-order valence-electron chi connectivity index (χ4n) is 15.1. The molecule has 11 nitrogen and oxygen atoms in total. The zero-order valence-corrected chi connectivity index (χ0v) is 39.7. The molecule has 12 heteroatoms. The van der Waals surface area contributed by atoms with Gasteiger partial charge < -0.3 is 31.3 Å². The number of carboxylic acid groups (broad SMARTS) is 1. The Morgan fingerprint density at radius 2 is 1.47 bits per heavy atom. The number of ketones is 1. The van der Waals surface area contributed by atoms with Crippen molar-refractivity contribution in [1.82, 2.24) is 10.6 Å². The molecule has 6 N–H and O–H groups in total. The van der Waals surface area contributed by atoms with Crippen LogP contribution in [-0.4, -0.2) is 70.1 Å². The van der Waals surface area contributed by atoms with Crippen molar-refractivity contribution in [2.75, 3.05) is 6.54 Å². The summed E-state index contributed by atoms with van der Waals surface area (Å²) in [4.78, 5) is 66.2. The molecule has 1 aromatic rings. The maximum absolute atomic E-state index is 14.3. The first-order valence-electron chi connectivity index (χ1n) is 23.1. The number of halogens is 1.